The molecule has 0 unspecified atom stereocenters. The summed E-state index contributed by atoms with van der Waals surface area (Å²) in [5, 5.41) is 2.65. The molecule has 8 nitrogen and oxygen atoms in total. The van der Waals surface area contributed by atoms with Crippen molar-refractivity contribution >= 4 is 28.8 Å². The Kier molecular flexibility index (Phi) is 4.25. The van der Waals surface area contributed by atoms with Crippen LogP contribution in [0.15, 0.2) is 36.4 Å². The number of nitrogens with zero attached hydrogens (tertiary/aromatic N) is 1. The van der Waals surface area contributed by atoms with Crippen LogP contribution in [0, 0.1) is 0 Å². The Bertz CT molecular complexity index is 923. The van der Waals surface area contributed by atoms with E-state index >= 15 is 0 Å². The summed E-state index contributed by atoms with van der Waals surface area (Å²) in [4.78, 5) is 30.9. The maximum Gasteiger partial charge on any atom is 0.257 e. The Hall–Kier alpha value is -3.55. The maximum absolute atomic E-state index is 12.3. The molecule has 0 saturated carbocycles. The van der Waals surface area contributed by atoms with Crippen molar-refractivity contribution < 1.29 is 19.1 Å². The van der Waals surface area contributed by atoms with Crippen LogP contribution in [0.1, 0.15) is 20.7 Å². The molecular weight excluding hydrogens is 324 g/mol. The smallest absolute Gasteiger partial charge is 0.257 e. The van der Waals surface area contributed by atoms with Crippen LogP contribution in [0.5, 0.6) is 11.5 Å². The number of carbonyl (C=O) groups is 2. The van der Waals surface area contributed by atoms with E-state index in [1.165, 1.54) is 20.3 Å². The number of fused-ring (bicyclic) bond motifs is 1. The molecular formula is C17H16N4O4. The average molecular weight is 340 g/mol. The van der Waals surface area contributed by atoms with E-state index in [4.69, 9.17) is 15.2 Å². The summed E-state index contributed by atoms with van der Waals surface area (Å²) in [7, 11) is 3.07. The highest BCUT2D eigenvalue weighted by atomic mass is 16.5. The number of rotatable bonds is 5. The van der Waals surface area contributed by atoms with E-state index in [0.717, 1.165) is 0 Å². The summed E-state index contributed by atoms with van der Waals surface area (Å²) in [6.07, 6.45) is 0. The molecule has 0 aliphatic rings. The Morgan fingerprint density at radius 1 is 1.08 bits per heavy atom. The molecule has 0 aliphatic heterocycles. The Morgan fingerprint density at radius 3 is 2.44 bits per heavy atom. The molecule has 128 valence electrons. The van der Waals surface area contributed by atoms with Gasteiger partial charge in [-0.25, -0.2) is 4.98 Å². The number of ether oxygens (including phenoxy) is 2. The zero-order chi connectivity index (χ0) is 18.0. The fourth-order valence-corrected chi connectivity index (χ4v) is 2.39. The Labute approximate surface area is 142 Å². The number of H-pyrrole nitrogens is 1. The number of amides is 2. The van der Waals surface area contributed by atoms with Gasteiger partial charge in [0.2, 0.25) is 11.9 Å². The second-order valence-electron chi connectivity index (χ2n) is 5.21. The number of hydrogen-bond acceptors (Lipinski definition) is 5. The number of carbonyl (C=O) groups excluding carboxylic acids is 2. The minimum atomic E-state index is -0.599. The summed E-state index contributed by atoms with van der Waals surface area (Å²) in [6.45, 7) is 0. The standard InChI is InChI=1S/C17H16N4O4/c1-24-13-7-11-12(8-14(13)25-2)20-17(19-11)21-16(23)10-5-3-4-9(6-10)15(18)22/h3-8H,1-2H3,(H2,18,22)(H2,19,20,21,23). The van der Waals surface area contributed by atoms with Gasteiger partial charge in [0, 0.05) is 23.3 Å². The fourth-order valence-electron chi connectivity index (χ4n) is 2.39. The third-order valence-electron chi connectivity index (χ3n) is 3.63. The van der Waals surface area contributed by atoms with Crippen LogP contribution < -0.4 is 20.5 Å². The van der Waals surface area contributed by atoms with Gasteiger partial charge >= 0.3 is 0 Å². The first kappa shape index (κ1) is 16.3. The molecule has 0 aliphatic carbocycles. The van der Waals surface area contributed by atoms with E-state index < -0.39 is 11.8 Å². The average Bonchev–Trinajstić information content (AvgIpc) is 3.01. The van der Waals surface area contributed by atoms with E-state index in [1.54, 1.807) is 30.3 Å². The van der Waals surface area contributed by atoms with Gasteiger partial charge < -0.3 is 20.2 Å². The number of benzene rings is 2. The van der Waals surface area contributed by atoms with Crippen LogP contribution in [-0.4, -0.2) is 36.0 Å². The van der Waals surface area contributed by atoms with Crippen LogP contribution in [0.25, 0.3) is 11.0 Å². The van der Waals surface area contributed by atoms with Gasteiger partial charge in [-0.05, 0) is 18.2 Å². The van der Waals surface area contributed by atoms with Crippen molar-refractivity contribution in [2.24, 2.45) is 5.73 Å². The molecule has 0 fully saturated rings. The SMILES string of the molecule is COc1cc2nc(NC(=O)c3cccc(C(N)=O)c3)[nH]c2cc1OC. The monoisotopic (exact) mass is 340 g/mol. The van der Waals surface area contributed by atoms with Gasteiger partial charge in [-0.2, -0.15) is 0 Å². The first-order valence-corrected chi connectivity index (χ1v) is 7.34. The number of aromatic amines is 1. The van der Waals surface area contributed by atoms with Crippen molar-refractivity contribution in [3.05, 3.63) is 47.5 Å². The van der Waals surface area contributed by atoms with Crippen LogP contribution in [0.2, 0.25) is 0 Å². The molecule has 3 rings (SSSR count). The van der Waals surface area contributed by atoms with Crippen molar-refractivity contribution in [2.45, 2.75) is 0 Å². The number of aromatic nitrogens is 2. The van der Waals surface area contributed by atoms with E-state index in [-0.39, 0.29) is 11.5 Å². The summed E-state index contributed by atoms with van der Waals surface area (Å²) >= 11 is 0. The number of imidazole rings is 1. The van der Waals surface area contributed by atoms with Crippen LogP contribution in [0.3, 0.4) is 0 Å². The third-order valence-corrected chi connectivity index (χ3v) is 3.63. The quantitative estimate of drug-likeness (QED) is 0.655. The third kappa shape index (κ3) is 3.23. The van der Waals surface area contributed by atoms with Gasteiger partial charge in [0.05, 0.1) is 25.3 Å². The van der Waals surface area contributed by atoms with Gasteiger partial charge in [-0.3, -0.25) is 14.9 Å². The summed E-state index contributed by atoms with van der Waals surface area (Å²) in [5.41, 5.74) is 7.07. The van der Waals surface area contributed by atoms with Crippen LogP contribution >= 0.6 is 0 Å². The van der Waals surface area contributed by atoms with E-state index in [9.17, 15) is 9.59 Å². The van der Waals surface area contributed by atoms with Gasteiger partial charge in [0.25, 0.3) is 5.91 Å². The number of nitrogens with one attached hydrogen (secondary N) is 2. The first-order chi connectivity index (χ1) is 12.0. The molecule has 0 spiro atoms. The van der Waals surface area contributed by atoms with Crippen molar-refractivity contribution in [2.75, 3.05) is 19.5 Å². The van der Waals surface area contributed by atoms with E-state index in [0.29, 0.717) is 28.1 Å². The fraction of sp³-hybridized carbons (Fsp3) is 0.118. The first-order valence-electron chi connectivity index (χ1n) is 7.34. The van der Waals surface area contributed by atoms with Gasteiger partial charge in [-0.1, -0.05) is 6.07 Å². The largest absolute Gasteiger partial charge is 0.493 e. The lowest BCUT2D eigenvalue weighted by atomic mass is 10.1. The lowest BCUT2D eigenvalue weighted by Crippen LogP contribution is -2.15. The Balaban J connectivity index is 1.88. The predicted octanol–water partition coefficient (Wildman–Crippen LogP) is 1.93. The highest BCUT2D eigenvalue weighted by Crippen LogP contribution is 2.31. The molecule has 2 aromatic carbocycles. The number of primary amides is 1. The summed E-state index contributed by atoms with van der Waals surface area (Å²) in [6, 6.07) is 9.56. The topological polar surface area (TPSA) is 119 Å². The molecule has 0 atom stereocenters. The molecule has 4 N–H and O–H groups in total. The lowest BCUT2D eigenvalue weighted by Gasteiger charge is -2.06. The van der Waals surface area contributed by atoms with Crippen LogP contribution in [0.4, 0.5) is 5.95 Å². The number of anilines is 1. The molecule has 25 heavy (non-hydrogen) atoms. The van der Waals surface area contributed by atoms with Crippen molar-refractivity contribution in [3.63, 3.8) is 0 Å². The minimum absolute atomic E-state index is 0.256. The van der Waals surface area contributed by atoms with Crippen molar-refractivity contribution in [3.8, 4) is 11.5 Å². The summed E-state index contributed by atoms with van der Waals surface area (Å²) in [5.74, 6) is 0.331. The highest BCUT2D eigenvalue weighted by molar-refractivity contribution is 6.05. The molecule has 0 bridgehead atoms. The summed E-state index contributed by atoms with van der Waals surface area (Å²) < 4.78 is 10.5. The highest BCUT2D eigenvalue weighted by Gasteiger charge is 2.13. The molecule has 1 heterocycles. The normalized spacial score (nSPS) is 10.5. The Morgan fingerprint density at radius 2 is 1.76 bits per heavy atom. The lowest BCUT2D eigenvalue weighted by molar-refractivity contribution is 0.1000. The van der Waals surface area contributed by atoms with Crippen molar-refractivity contribution in [1.29, 1.82) is 0 Å². The molecule has 3 aromatic rings. The number of hydrogen-bond donors (Lipinski definition) is 3. The van der Waals surface area contributed by atoms with Crippen LogP contribution in [-0.2, 0) is 0 Å². The van der Waals surface area contributed by atoms with Gasteiger partial charge in [0.15, 0.2) is 11.5 Å². The molecule has 8 heteroatoms. The van der Waals surface area contributed by atoms with Crippen molar-refractivity contribution in [1.82, 2.24) is 9.97 Å². The van der Waals surface area contributed by atoms with Gasteiger partial charge in [0.1, 0.15) is 0 Å². The second kappa shape index (κ2) is 6.52. The predicted molar refractivity (Wildman–Crippen MR) is 92.1 cm³/mol. The zero-order valence-corrected chi connectivity index (χ0v) is 13.6. The molecule has 0 saturated heterocycles. The van der Waals surface area contributed by atoms with E-state index in [1.807, 2.05) is 0 Å². The van der Waals surface area contributed by atoms with E-state index in [2.05, 4.69) is 15.3 Å². The molecule has 1 aromatic heterocycles. The molecule has 2 amide bonds. The minimum Gasteiger partial charge on any atom is -0.493 e. The second-order valence-corrected chi connectivity index (χ2v) is 5.21. The molecule has 0 radical (unpaired) electrons. The number of methoxy groups -OCH3 is 2. The van der Waals surface area contributed by atoms with Gasteiger partial charge in [-0.15, -0.1) is 0 Å². The zero-order valence-electron chi connectivity index (χ0n) is 13.6. The number of nitrogens with two attached hydrogens (primary N) is 1. The maximum atomic E-state index is 12.3.